The number of nitrogens with zero attached hydrogens (tertiary/aromatic N) is 3. The second kappa shape index (κ2) is 6.27. The molecule has 2 aromatic rings. The standard InChI is InChI=1S/C15H20N4/c1-4-5-14-10-17-12(3)19-15(14)18-9-13-6-7-16-8-11(13)2/h6-8,10H,4-5,9H2,1-3H3,(H,17,18,19). The van der Waals surface area contributed by atoms with Gasteiger partial charge in [0, 0.05) is 30.7 Å². The van der Waals surface area contributed by atoms with E-state index in [1.807, 2.05) is 31.6 Å². The normalized spacial score (nSPS) is 10.5. The van der Waals surface area contributed by atoms with E-state index < -0.39 is 0 Å². The van der Waals surface area contributed by atoms with Gasteiger partial charge in [0.05, 0.1) is 0 Å². The van der Waals surface area contributed by atoms with E-state index in [1.54, 1.807) is 0 Å². The highest BCUT2D eigenvalue weighted by Crippen LogP contribution is 2.15. The molecule has 0 aromatic carbocycles. The Labute approximate surface area is 114 Å². The summed E-state index contributed by atoms with van der Waals surface area (Å²) >= 11 is 0. The number of anilines is 1. The number of rotatable bonds is 5. The second-order valence-electron chi connectivity index (χ2n) is 4.70. The molecule has 4 heteroatoms. The molecule has 0 unspecified atom stereocenters. The van der Waals surface area contributed by atoms with Gasteiger partial charge in [-0.05, 0) is 37.5 Å². The Morgan fingerprint density at radius 1 is 1.16 bits per heavy atom. The Balaban J connectivity index is 2.14. The van der Waals surface area contributed by atoms with Crippen LogP contribution in [0, 0.1) is 13.8 Å². The average molecular weight is 256 g/mol. The predicted molar refractivity (Wildman–Crippen MR) is 77.1 cm³/mol. The Bertz CT molecular complexity index is 552. The van der Waals surface area contributed by atoms with Gasteiger partial charge in [-0.15, -0.1) is 0 Å². The third-order valence-electron chi connectivity index (χ3n) is 3.09. The van der Waals surface area contributed by atoms with Crippen molar-refractivity contribution in [3.63, 3.8) is 0 Å². The molecule has 100 valence electrons. The first-order valence-electron chi connectivity index (χ1n) is 6.66. The van der Waals surface area contributed by atoms with Crippen LogP contribution in [-0.2, 0) is 13.0 Å². The molecule has 2 rings (SSSR count). The molecule has 19 heavy (non-hydrogen) atoms. The largest absolute Gasteiger partial charge is 0.366 e. The van der Waals surface area contributed by atoms with Crippen LogP contribution in [0.5, 0.6) is 0 Å². The minimum atomic E-state index is 0.765. The molecule has 0 fully saturated rings. The summed E-state index contributed by atoms with van der Waals surface area (Å²) < 4.78 is 0. The third kappa shape index (κ3) is 3.50. The molecule has 0 aliphatic carbocycles. The minimum absolute atomic E-state index is 0.765. The molecule has 1 N–H and O–H groups in total. The lowest BCUT2D eigenvalue weighted by atomic mass is 10.1. The van der Waals surface area contributed by atoms with Gasteiger partial charge in [0.2, 0.25) is 0 Å². The van der Waals surface area contributed by atoms with Crippen molar-refractivity contribution in [2.75, 3.05) is 5.32 Å². The Morgan fingerprint density at radius 2 is 2.00 bits per heavy atom. The molecule has 0 bridgehead atoms. The van der Waals surface area contributed by atoms with Gasteiger partial charge in [0.15, 0.2) is 0 Å². The summed E-state index contributed by atoms with van der Waals surface area (Å²) in [4.78, 5) is 12.9. The van der Waals surface area contributed by atoms with Crippen molar-refractivity contribution in [3.8, 4) is 0 Å². The van der Waals surface area contributed by atoms with E-state index in [9.17, 15) is 0 Å². The van der Waals surface area contributed by atoms with Gasteiger partial charge < -0.3 is 5.32 Å². The molecule has 0 saturated heterocycles. The number of hydrogen-bond donors (Lipinski definition) is 1. The molecule has 2 heterocycles. The number of pyridine rings is 1. The summed E-state index contributed by atoms with van der Waals surface area (Å²) in [7, 11) is 0. The highest BCUT2D eigenvalue weighted by molar-refractivity contribution is 5.44. The molecule has 4 nitrogen and oxygen atoms in total. The third-order valence-corrected chi connectivity index (χ3v) is 3.09. The summed E-state index contributed by atoms with van der Waals surface area (Å²) in [5.41, 5.74) is 3.62. The minimum Gasteiger partial charge on any atom is -0.366 e. The molecule has 0 aliphatic rings. The molecular formula is C15H20N4. The lowest BCUT2D eigenvalue weighted by Gasteiger charge is -2.12. The van der Waals surface area contributed by atoms with Crippen LogP contribution in [-0.4, -0.2) is 15.0 Å². The van der Waals surface area contributed by atoms with Gasteiger partial charge in [-0.3, -0.25) is 4.98 Å². The summed E-state index contributed by atoms with van der Waals surface area (Å²) in [5, 5.41) is 3.42. The maximum atomic E-state index is 4.50. The van der Waals surface area contributed by atoms with E-state index in [1.165, 1.54) is 16.7 Å². The molecule has 0 radical (unpaired) electrons. The first kappa shape index (κ1) is 13.5. The van der Waals surface area contributed by atoms with Gasteiger partial charge >= 0.3 is 0 Å². The maximum Gasteiger partial charge on any atom is 0.133 e. The van der Waals surface area contributed by atoms with Crippen molar-refractivity contribution >= 4 is 5.82 Å². The van der Waals surface area contributed by atoms with E-state index in [2.05, 4.69) is 34.1 Å². The smallest absolute Gasteiger partial charge is 0.133 e. The zero-order chi connectivity index (χ0) is 13.7. The zero-order valence-corrected chi connectivity index (χ0v) is 11.8. The second-order valence-corrected chi connectivity index (χ2v) is 4.70. The zero-order valence-electron chi connectivity index (χ0n) is 11.8. The summed E-state index contributed by atoms with van der Waals surface area (Å²) in [6.07, 6.45) is 7.72. The van der Waals surface area contributed by atoms with Crippen molar-refractivity contribution in [2.45, 2.75) is 40.2 Å². The predicted octanol–water partition coefficient (Wildman–Crippen LogP) is 3.05. The maximum absolute atomic E-state index is 4.50. The highest BCUT2D eigenvalue weighted by Gasteiger charge is 2.05. The van der Waals surface area contributed by atoms with Gasteiger partial charge in [0.25, 0.3) is 0 Å². The van der Waals surface area contributed by atoms with Gasteiger partial charge in [0.1, 0.15) is 11.6 Å². The van der Waals surface area contributed by atoms with Crippen LogP contribution in [0.2, 0.25) is 0 Å². The van der Waals surface area contributed by atoms with Gasteiger partial charge in [-0.2, -0.15) is 0 Å². The van der Waals surface area contributed by atoms with Crippen LogP contribution in [0.1, 0.15) is 35.9 Å². The van der Waals surface area contributed by atoms with Gasteiger partial charge in [-0.25, -0.2) is 9.97 Å². The van der Waals surface area contributed by atoms with E-state index >= 15 is 0 Å². The van der Waals surface area contributed by atoms with Crippen LogP contribution in [0.4, 0.5) is 5.82 Å². The SMILES string of the molecule is CCCc1cnc(C)nc1NCc1ccncc1C. The van der Waals surface area contributed by atoms with Crippen molar-refractivity contribution in [1.29, 1.82) is 0 Å². The quantitative estimate of drug-likeness (QED) is 0.893. The van der Waals surface area contributed by atoms with E-state index in [4.69, 9.17) is 0 Å². The van der Waals surface area contributed by atoms with Crippen LogP contribution in [0.15, 0.2) is 24.7 Å². The lowest BCUT2D eigenvalue weighted by molar-refractivity contribution is 0.885. The number of nitrogens with one attached hydrogen (secondary N) is 1. The van der Waals surface area contributed by atoms with Crippen LogP contribution < -0.4 is 5.32 Å². The van der Waals surface area contributed by atoms with Crippen molar-refractivity contribution in [3.05, 3.63) is 47.2 Å². The van der Waals surface area contributed by atoms with Gasteiger partial charge in [-0.1, -0.05) is 13.3 Å². The van der Waals surface area contributed by atoms with Crippen LogP contribution in [0.3, 0.4) is 0 Å². The highest BCUT2D eigenvalue weighted by atomic mass is 15.0. The average Bonchev–Trinajstić information content (AvgIpc) is 2.41. The van der Waals surface area contributed by atoms with E-state index in [-0.39, 0.29) is 0 Å². The van der Waals surface area contributed by atoms with Crippen molar-refractivity contribution < 1.29 is 0 Å². The summed E-state index contributed by atoms with van der Waals surface area (Å²) in [6.45, 7) is 6.92. The van der Waals surface area contributed by atoms with Crippen LogP contribution in [0.25, 0.3) is 0 Å². The summed E-state index contributed by atoms with van der Waals surface area (Å²) in [5.74, 6) is 1.75. The van der Waals surface area contributed by atoms with Crippen molar-refractivity contribution in [1.82, 2.24) is 15.0 Å². The molecule has 2 aromatic heterocycles. The van der Waals surface area contributed by atoms with Crippen LogP contribution >= 0.6 is 0 Å². The molecule has 0 aliphatic heterocycles. The van der Waals surface area contributed by atoms with E-state index in [0.717, 1.165) is 31.0 Å². The topological polar surface area (TPSA) is 50.7 Å². The fourth-order valence-corrected chi connectivity index (χ4v) is 1.98. The monoisotopic (exact) mass is 256 g/mol. The molecular weight excluding hydrogens is 236 g/mol. The first-order valence-corrected chi connectivity index (χ1v) is 6.66. The molecule has 0 saturated carbocycles. The Kier molecular flexibility index (Phi) is 4.44. The fourth-order valence-electron chi connectivity index (χ4n) is 1.98. The molecule has 0 atom stereocenters. The Morgan fingerprint density at radius 3 is 2.74 bits per heavy atom. The first-order chi connectivity index (χ1) is 9.20. The molecule has 0 spiro atoms. The number of hydrogen-bond acceptors (Lipinski definition) is 4. The Hall–Kier alpha value is -1.97. The molecule has 0 amide bonds. The van der Waals surface area contributed by atoms with E-state index in [0.29, 0.717) is 0 Å². The number of aromatic nitrogens is 3. The number of aryl methyl sites for hydroxylation is 3. The summed E-state index contributed by atoms with van der Waals surface area (Å²) in [6, 6.07) is 2.04. The fraction of sp³-hybridized carbons (Fsp3) is 0.400. The van der Waals surface area contributed by atoms with Crippen molar-refractivity contribution in [2.24, 2.45) is 0 Å². The lowest BCUT2D eigenvalue weighted by Crippen LogP contribution is -2.07.